The minimum absolute atomic E-state index is 0.0289. The Morgan fingerprint density at radius 2 is 1.77 bits per heavy atom. The van der Waals surface area contributed by atoms with E-state index >= 15 is 0 Å². The van der Waals surface area contributed by atoms with Crippen molar-refractivity contribution in [2.45, 2.75) is 70.0 Å². The summed E-state index contributed by atoms with van der Waals surface area (Å²) >= 11 is 0. The van der Waals surface area contributed by atoms with Gasteiger partial charge in [0.05, 0.1) is 12.1 Å². The van der Waals surface area contributed by atoms with E-state index in [0.717, 1.165) is 43.1 Å². The van der Waals surface area contributed by atoms with Crippen molar-refractivity contribution >= 4 is 16.8 Å². The Balaban J connectivity index is 1.52. The predicted octanol–water partition coefficient (Wildman–Crippen LogP) is 2.93. The fraction of sp³-hybridized carbons (Fsp3) is 0.583. The van der Waals surface area contributed by atoms with Gasteiger partial charge >= 0.3 is 0 Å². The maximum Gasteiger partial charge on any atom is 0.264 e. The number of rotatable bonds is 7. The van der Waals surface area contributed by atoms with Crippen LogP contribution >= 0.6 is 0 Å². The maximum atomic E-state index is 13.2. The molecule has 1 aromatic heterocycles. The highest BCUT2D eigenvalue weighted by Gasteiger charge is 2.42. The normalized spacial score (nSPS) is 23.7. The quantitative estimate of drug-likeness (QED) is 0.688. The van der Waals surface area contributed by atoms with Gasteiger partial charge in [0.25, 0.3) is 11.5 Å². The fourth-order valence-electron chi connectivity index (χ4n) is 5.33. The van der Waals surface area contributed by atoms with E-state index in [1.54, 1.807) is 24.9 Å². The van der Waals surface area contributed by atoms with Gasteiger partial charge in [-0.25, -0.2) is 0 Å². The summed E-state index contributed by atoms with van der Waals surface area (Å²) in [6.07, 6.45) is 3.77. The molecule has 2 bridgehead atoms. The number of benzene rings is 1. The molecular formula is C24H33N3O4. The second kappa shape index (κ2) is 9.10. The molecule has 2 aliphatic heterocycles. The highest BCUT2D eigenvalue weighted by Crippen LogP contribution is 2.36. The van der Waals surface area contributed by atoms with Crippen LogP contribution in [0.3, 0.4) is 0 Å². The van der Waals surface area contributed by atoms with E-state index < -0.39 is 0 Å². The monoisotopic (exact) mass is 427 g/mol. The van der Waals surface area contributed by atoms with E-state index in [2.05, 4.69) is 10.2 Å². The van der Waals surface area contributed by atoms with Gasteiger partial charge in [-0.3, -0.25) is 14.5 Å². The van der Waals surface area contributed by atoms with Crippen LogP contribution in [0.5, 0.6) is 0 Å². The first-order valence-electron chi connectivity index (χ1n) is 11.2. The van der Waals surface area contributed by atoms with Crippen molar-refractivity contribution < 1.29 is 14.3 Å². The zero-order chi connectivity index (χ0) is 22.1. The average molecular weight is 428 g/mol. The van der Waals surface area contributed by atoms with Crippen molar-refractivity contribution in [2.75, 3.05) is 20.8 Å². The van der Waals surface area contributed by atoms with Crippen LogP contribution < -0.4 is 10.9 Å². The highest BCUT2D eigenvalue weighted by atomic mass is 16.7. The number of carbonyl (C=O) groups is 1. The molecule has 7 nitrogen and oxygen atoms in total. The molecule has 7 heteroatoms. The molecule has 3 heterocycles. The third kappa shape index (κ3) is 4.27. The second-order valence-corrected chi connectivity index (χ2v) is 9.01. The van der Waals surface area contributed by atoms with E-state index in [1.807, 2.05) is 38.1 Å². The number of hydrogen-bond acceptors (Lipinski definition) is 5. The van der Waals surface area contributed by atoms with E-state index in [4.69, 9.17) is 9.47 Å². The van der Waals surface area contributed by atoms with Gasteiger partial charge in [-0.05, 0) is 57.0 Å². The number of hydrogen-bond donors (Lipinski definition) is 1. The summed E-state index contributed by atoms with van der Waals surface area (Å²) in [4.78, 5) is 28.8. The number of piperidine rings is 1. The van der Waals surface area contributed by atoms with Crippen molar-refractivity contribution in [1.29, 1.82) is 0 Å². The zero-order valence-corrected chi connectivity index (χ0v) is 18.8. The molecule has 0 unspecified atom stereocenters. The van der Waals surface area contributed by atoms with E-state index in [-0.39, 0.29) is 35.4 Å². The van der Waals surface area contributed by atoms with Crippen LogP contribution in [0, 0.1) is 0 Å². The molecule has 168 valence electrons. The Labute approximate surface area is 183 Å². The van der Waals surface area contributed by atoms with Crippen molar-refractivity contribution in [3.8, 4) is 0 Å². The first-order chi connectivity index (χ1) is 14.9. The SMILES string of the molecule is COC(CN1[C@@H]2CC[C@H]1C[C@H](NC(=O)c1cc3ccccc3n(C(C)C)c1=O)C2)OC. The van der Waals surface area contributed by atoms with Crippen LogP contribution in [0.15, 0.2) is 35.1 Å². The minimum Gasteiger partial charge on any atom is -0.355 e. The molecule has 4 rings (SSSR count). The van der Waals surface area contributed by atoms with Gasteiger partial charge in [-0.1, -0.05) is 18.2 Å². The molecule has 31 heavy (non-hydrogen) atoms. The van der Waals surface area contributed by atoms with Gasteiger partial charge in [0.15, 0.2) is 6.29 Å². The molecule has 1 amide bonds. The number of nitrogens with one attached hydrogen (secondary N) is 1. The number of nitrogens with zero attached hydrogens (tertiary/aromatic N) is 2. The molecule has 0 aliphatic carbocycles. The van der Waals surface area contributed by atoms with Crippen molar-refractivity contribution in [1.82, 2.24) is 14.8 Å². The standard InChI is InChI=1S/C24H33N3O4/c1-15(2)27-21-8-6-5-7-16(21)11-20(24(27)29)23(28)25-17-12-18-9-10-19(13-17)26(18)14-22(30-3)31-4/h5-8,11,15,17-19,22H,9-10,12-14H2,1-4H3,(H,25,28)/t17-,18-,19+. The molecule has 1 N–H and O–H groups in total. The van der Waals surface area contributed by atoms with E-state index in [9.17, 15) is 9.59 Å². The molecule has 1 aromatic carbocycles. The Hall–Kier alpha value is -2.22. The second-order valence-electron chi connectivity index (χ2n) is 9.01. The van der Waals surface area contributed by atoms with Gasteiger partial charge in [-0.2, -0.15) is 0 Å². The number of ether oxygens (including phenoxy) is 2. The smallest absolute Gasteiger partial charge is 0.264 e. The van der Waals surface area contributed by atoms with Crippen molar-refractivity contribution in [2.24, 2.45) is 0 Å². The van der Waals surface area contributed by atoms with Gasteiger partial charge in [0.1, 0.15) is 5.56 Å². The van der Waals surface area contributed by atoms with Gasteiger partial charge in [0.2, 0.25) is 0 Å². The maximum absolute atomic E-state index is 13.2. The molecule has 0 radical (unpaired) electrons. The van der Waals surface area contributed by atoms with Crippen molar-refractivity contribution in [3.63, 3.8) is 0 Å². The minimum atomic E-state index is -0.269. The van der Waals surface area contributed by atoms with Crippen LogP contribution in [0.1, 0.15) is 55.9 Å². The lowest BCUT2D eigenvalue weighted by atomic mass is 9.96. The van der Waals surface area contributed by atoms with E-state index in [1.165, 1.54) is 0 Å². The number of pyridine rings is 1. The van der Waals surface area contributed by atoms with E-state index in [0.29, 0.717) is 12.1 Å². The Bertz CT molecular complexity index is 984. The Morgan fingerprint density at radius 3 is 2.39 bits per heavy atom. The number of methoxy groups -OCH3 is 2. The lowest BCUT2D eigenvalue weighted by molar-refractivity contribution is -0.125. The lowest BCUT2D eigenvalue weighted by Crippen LogP contribution is -2.53. The summed E-state index contributed by atoms with van der Waals surface area (Å²) in [7, 11) is 3.33. The van der Waals surface area contributed by atoms with Crippen LogP contribution in [-0.2, 0) is 9.47 Å². The van der Waals surface area contributed by atoms with Gasteiger partial charge in [0, 0.05) is 38.4 Å². The van der Waals surface area contributed by atoms with Crippen molar-refractivity contribution in [3.05, 3.63) is 46.2 Å². The third-order valence-electron chi connectivity index (χ3n) is 6.81. The van der Waals surface area contributed by atoms with Crippen LogP contribution in [0.4, 0.5) is 0 Å². The molecule has 2 aliphatic rings. The summed E-state index contributed by atoms with van der Waals surface area (Å²) in [6.45, 7) is 4.68. The molecule has 0 saturated carbocycles. The Kier molecular flexibility index (Phi) is 6.46. The number of fused-ring (bicyclic) bond motifs is 3. The molecule has 0 spiro atoms. The first kappa shape index (κ1) is 22.0. The fourth-order valence-corrected chi connectivity index (χ4v) is 5.33. The summed E-state index contributed by atoms with van der Waals surface area (Å²) in [5.74, 6) is -0.269. The third-order valence-corrected chi connectivity index (χ3v) is 6.81. The van der Waals surface area contributed by atoms with Crippen LogP contribution in [0.2, 0.25) is 0 Å². The number of aromatic nitrogens is 1. The predicted molar refractivity (Wildman–Crippen MR) is 120 cm³/mol. The van der Waals surface area contributed by atoms with Gasteiger partial charge in [-0.15, -0.1) is 0 Å². The average Bonchev–Trinajstić information content (AvgIpc) is 2.98. The summed E-state index contributed by atoms with van der Waals surface area (Å²) in [6, 6.07) is 10.3. The number of carbonyl (C=O) groups excluding carboxylic acids is 1. The first-order valence-corrected chi connectivity index (χ1v) is 11.2. The molecular weight excluding hydrogens is 394 g/mol. The zero-order valence-electron chi connectivity index (χ0n) is 18.8. The highest BCUT2D eigenvalue weighted by molar-refractivity contribution is 5.97. The summed E-state index contributed by atoms with van der Waals surface area (Å²) in [5.41, 5.74) is 0.854. The molecule has 3 atom stereocenters. The Morgan fingerprint density at radius 1 is 1.13 bits per heavy atom. The van der Waals surface area contributed by atoms with Crippen LogP contribution in [-0.4, -0.2) is 60.6 Å². The largest absolute Gasteiger partial charge is 0.355 e. The molecule has 2 fully saturated rings. The summed E-state index contributed by atoms with van der Waals surface area (Å²) < 4.78 is 12.5. The van der Waals surface area contributed by atoms with Gasteiger partial charge < -0.3 is 19.4 Å². The summed E-state index contributed by atoms with van der Waals surface area (Å²) in [5, 5.41) is 4.07. The topological polar surface area (TPSA) is 72.8 Å². The molecule has 2 saturated heterocycles. The molecule has 2 aromatic rings. The number of para-hydroxylation sites is 1. The lowest BCUT2D eigenvalue weighted by Gasteiger charge is -2.40. The van der Waals surface area contributed by atoms with Crippen LogP contribution in [0.25, 0.3) is 10.9 Å². The number of amides is 1.